The fourth-order valence-corrected chi connectivity index (χ4v) is 2.89. The topological polar surface area (TPSA) is 65.1 Å². The van der Waals surface area contributed by atoms with E-state index in [1.807, 2.05) is 39.0 Å². The quantitative estimate of drug-likeness (QED) is 0.306. The van der Waals surface area contributed by atoms with E-state index in [1.54, 1.807) is 50.3 Å². The van der Waals surface area contributed by atoms with Crippen LogP contribution in [0.25, 0.3) is 0 Å². The Bertz CT molecular complexity index is 780. The van der Waals surface area contributed by atoms with Crippen LogP contribution in [0.2, 0.25) is 0 Å². The van der Waals surface area contributed by atoms with Crippen molar-refractivity contribution in [3.8, 4) is 11.5 Å². The van der Waals surface area contributed by atoms with Crippen molar-refractivity contribution < 1.29 is 23.8 Å². The first-order chi connectivity index (χ1) is 14.4. The first-order valence-electron chi connectivity index (χ1n) is 10.0. The summed E-state index contributed by atoms with van der Waals surface area (Å²) in [7, 11) is 3.17. The minimum Gasteiger partial charge on any atom is -0.497 e. The number of rotatable bonds is 11. The maximum atomic E-state index is 13.1. The summed E-state index contributed by atoms with van der Waals surface area (Å²) >= 11 is 0. The van der Waals surface area contributed by atoms with Crippen molar-refractivity contribution in [1.29, 1.82) is 0 Å². The molecule has 0 radical (unpaired) electrons. The summed E-state index contributed by atoms with van der Waals surface area (Å²) in [5, 5.41) is 0. The van der Waals surface area contributed by atoms with Gasteiger partial charge in [0.1, 0.15) is 11.5 Å². The molecule has 0 unspecified atom stereocenters. The number of hydrogen-bond donors (Lipinski definition) is 0. The lowest BCUT2D eigenvalue weighted by Crippen LogP contribution is -2.41. The lowest BCUT2D eigenvalue weighted by atomic mass is 10.00. The van der Waals surface area contributed by atoms with Crippen LogP contribution in [0.4, 0.5) is 0 Å². The number of methoxy groups -OCH3 is 2. The minimum atomic E-state index is -0.429. The minimum absolute atomic E-state index is 0.0685. The molecule has 6 heteroatoms. The summed E-state index contributed by atoms with van der Waals surface area (Å²) < 4.78 is 15.7. The number of carbonyl (C=O) groups excluding carboxylic acids is 2. The first kappa shape index (κ1) is 25.0. The molecule has 1 atom stereocenters. The maximum absolute atomic E-state index is 13.1. The third-order valence-corrected chi connectivity index (χ3v) is 4.42. The van der Waals surface area contributed by atoms with E-state index in [1.165, 1.54) is 12.2 Å². The predicted molar refractivity (Wildman–Crippen MR) is 118 cm³/mol. The zero-order chi connectivity index (χ0) is 22.5. The Morgan fingerprint density at radius 2 is 1.83 bits per heavy atom. The van der Waals surface area contributed by atoms with Gasteiger partial charge in [-0.1, -0.05) is 38.2 Å². The molecule has 1 aromatic carbocycles. The molecule has 6 nitrogen and oxygen atoms in total. The molecule has 0 saturated heterocycles. The average molecular weight is 416 g/mol. The van der Waals surface area contributed by atoms with Gasteiger partial charge in [0.15, 0.2) is 0 Å². The van der Waals surface area contributed by atoms with Crippen LogP contribution in [-0.2, 0) is 20.9 Å². The predicted octanol–water partition coefficient (Wildman–Crippen LogP) is 4.31. The van der Waals surface area contributed by atoms with Gasteiger partial charge in [-0.2, -0.15) is 0 Å². The number of esters is 1. The highest BCUT2D eigenvalue weighted by Gasteiger charge is 2.25. The molecule has 0 bridgehead atoms. The molecule has 164 valence electrons. The molecule has 0 aliphatic carbocycles. The molecular weight excluding hydrogens is 382 g/mol. The Labute approximate surface area is 179 Å². The molecule has 1 rings (SSSR count). The average Bonchev–Trinajstić information content (AvgIpc) is 2.73. The lowest BCUT2D eigenvalue weighted by molar-refractivity contribution is -0.137. The van der Waals surface area contributed by atoms with Crippen molar-refractivity contribution in [3.63, 3.8) is 0 Å². The largest absolute Gasteiger partial charge is 0.497 e. The van der Waals surface area contributed by atoms with Crippen molar-refractivity contribution in [2.24, 2.45) is 5.92 Å². The van der Waals surface area contributed by atoms with Crippen molar-refractivity contribution >= 4 is 11.9 Å². The van der Waals surface area contributed by atoms with Crippen LogP contribution in [0.15, 0.2) is 54.7 Å². The molecule has 1 amide bonds. The number of amides is 1. The highest BCUT2D eigenvalue weighted by molar-refractivity contribution is 5.88. The fourth-order valence-electron chi connectivity index (χ4n) is 2.89. The maximum Gasteiger partial charge on any atom is 0.330 e. The number of nitrogens with zero attached hydrogens (tertiary/aromatic N) is 1. The molecule has 0 aliphatic heterocycles. The van der Waals surface area contributed by atoms with Crippen LogP contribution in [0, 0.1) is 5.92 Å². The summed E-state index contributed by atoms with van der Waals surface area (Å²) in [5.74, 6) is 0.768. The van der Waals surface area contributed by atoms with E-state index in [-0.39, 0.29) is 17.9 Å². The Morgan fingerprint density at radius 3 is 2.40 bits per heavy atom. The highest BCUT2D eigenvalue weighted by atomic mass is 16.5. The zero-order valence-electron chi connectivity index (χ0n) is 18.8. The number of ether oxygens (including phenoxy) is 3. The van der Waals surface area contributed by atoms with Crippen molar-refractivity contribution in [2.75, 3.05) is 20.8 Å². The fraction of sp³-hybridized carbons (Fsp3) is 0.417. The van der Waals surface area contributed by atoms with Crippen molar-refractivity contribution in [2.45, 2.75) is 40.3 Å². The smallest absolute Gasteiger partial charge is 0.330 e. The molecule has 0 heterocycles. The lowest BCUT2D eigenvalue weighted by Gasteiger charge is -2.32. The second-order valence-electron chi connectivity index (χ2n) is 6.87. The third-order valence-electron chi connectivity index (χ3n) is 4.42. The van der Waals surface area contributed by atoms with Crippen LogP contribution in [-0.4, -0.2) is 43.6 Å². The molecule has 0 fully saturated rings. The molecule has 30 heavy (non-hydrogen) atoms. The normalized spacial score (nSPS) is 12.6. The standard InChI is InChI=1S/C24H33NO5/c1-7-9-10-11-23(26)25(21(18(3)4)14-15-24(27)30-8-2)17-19-12-13-20(28-5)16-22(19)29-6/h7,9-16,18,21H,8,17H2,1-6H3/b9-7+,11-10+,15-14+/t21-/m1/s1. The van der Waals surface area contributed by atoms with Gasteiger partial charge >= 0.3 is 5.97 Å². The van der Waals surface area contributed by atoms with Crippen molar-refractivity contribution in [3.05, 3.63) is 60.2 Å². The molecule has 0 spiro atoms. The number of carbonyl (C=O) groups is 2. The second-order valence-corrected chi connectivity index (χ2v) is 6.87. The van der Waals surface area contributed by atoms with E-state index < -0.39 is 5.97 Å². The van der Waals surface area contributed by atoms with Crippen LogP contribution in [0.1, 0.15) is 33.3 Å². The van der Waals surface area contributed by atoms with Crippen molar-refractivity contribution in [1.82, 2.24) is 4.90 Å². The van der Waals surface area contributed by atoms with Crippen LogP contribution < -0.4 is 9.47 Å². The summed E-state index contributed by atoms with van der Waals surface area (Å²) in [6.45, 7) is 8.25. The van der Waals surface area contributed by atoms with E-state index in [0.29, 0.717) is 24.7 Å². The van der Waals surface area contributed by atoms with Gasteiger partial charge in [0, 0.05) is 23.8 Å². The van der Waals surface area contributed by atoms with E-state index in [2.05, 4.69) is 0 Å². The summed E-state index contributed by atoms with van der Waals surface area (Å²) in [6.07, 6.45) is 9.97. The van der Waals surface area contributed by atoms with Gasteiger partial charge in [0.05, 0.1) is 33.4 Å². The highest BCUT2D eigenvalue weighted by Crippen LogP contribution is 2.27. The van der Waals surface area contributed by atoms with E-state index in [9.17, 15) is 9.59 Å². The third kappa shape index (κ3) is 7.78. The SMILES string of the molecule is C/C=C/C=C/C(=O)N(Cc1ccc(OC)cc1OC)[C@H](/C=C/C(=O)OCC)C(C)C. The number of benzene rings is 1. The summed E-state index contributed by atoms with van der Waals surface area (Å²) in [5.41, 5.74) is 0.835. The Hall–Kier alpha value is -3.02. The Morgan fingerprint density at radius 1 is 1.10 bits per heavy atom. The molecule has 0 N–H and O–H groups in total. The Kier molecular flexibility index (Phi) is 11.0. The van der Waals surface area contributed by atoms with Gasteiger partial charge in [0.2, 0.25) is 5.91 Å². The Balaban J connectivity index is 3.32. The van der Waals surface area contributed by atoms with Crippen LogP contribution in [0.5, 0.6) is 11.5 Å². The number of hydrogen-bond acceptors (Lipinski definition) is 5. The molecular formula is C24H33NO5. The zero-order valence-corrected chi connectivity index (χ0v) is 18.8. The van der Waals surface area contributed by atoms with Gasteiger partial charge in [-0.25, -0.2) is 4.79 Å². The monoisotopic (exact) mass is 415 g/mol. The van der Waals surface area contributed by atoms with Gasteiger partial charge in [-0.3, -0.25) is 4.79 Å². The van der Waals surface area contributed by atoms with Gasteiger partial charge in [-0.05, 0) is 31.9 Å². The summed E-state index contributed by atoms with van der Waals surface area (Å²) in [6, 6.07) is 5.17. The van der Waals surface area contributed by atoms with E-state index in [4.69, 9.17) is 14.2 Å². The van der Waals surface area contributed by atoms with Gasteiger partial charge in [-0.15, -0.1) is 0 Å². The van der Waals surface area contributed by atoms with E-state index >= 15 is 0 Å². The number of allylic oxidation sites excluding steroid dienone is 3. The van der Waals surface area contributed by atoms with Gasteiger partial charge in [0.25, 0.3) is 0 Å². The van der Waals surface area contributed by atoms with E-state index in [0.717, 1.165) is 5.56 Å². The molecule has 1 aromatic rings. The first-order valence-corrected chi connectivity index (χ1v) is 10.0. The molecule has 0 saturated carbocycles. The van der Waals surface area contributed by atoms with Crippen LogP contribution in [0.3, 0.4) is 0 Å². The van der Waals surface area contributed by atoms with Crippen LogP contribution >= 0.6 is 0 Å². The second kappa shape index (κ2) is 13.2. The molecule has 0 aliphatic rings. The molecule has 0 aromatic heterocycles. The van der Waals surface area contributed by atoms with Gasteiger partial charge < -0.3 is 19.1 Å². The summed E-state index contributed by atoms with van der Waals surface area (Å²) in [4.78, 5) is 26.6.